The van der Waals surface area contributed by atoms with E-state index >= 15 is 0 Å². The van der Waals surface area contributed by atoms with Gasteiger partial charge in [-0.1, -0.05) is 12.8 Å². The number of aliphatic imine (C=N–C) groups is 1. The third kappa shape index (κ3) is 1.57. The monoisotopic (exact) mass is 140 g/mol. The molecule has 1 aliphatic rings. The maximum Gasteiger partial charge on any atom is 0.0645 e. The molecule has 0 spiro atoms. The van der Waals surface area contributed by atoms with Gasteiger partial charge in [-0.25, -0.2) is 0 Å². The van der Waals surface area contributed by atoms with Crippen LogP contribution in [0.1, 0.15) is 25.7 Å². The third-order valence-corrected chi connectivity index (χ3v) is 2.33. The highest BCUT2D eigenvalue weighted by molar-refractivity contribution is 5.24. The van der Waals surface area contributed by atoms with E-state index in [1.165, 1.54) is 25.7 Å². The van der Waals surface area contributed by atoms with Crippen LogP contribution in [0, 0.1) is 0 Å². The fourth-order valence-electron chi connectivity index (χ4n) is 1.67. The molecule has 2 nitrogen and oxygen atoms in total. The lowest BCUT2D eigenvalue weighted by Gasteiger charge is -2.27. The van der Waals surface area contributed by atoms with Crippen LogP contribution in [-0.4, -0.2) is 25.8 Å². The van der Waals surface area contributed by atoms with Gasteiger partial charge in [-0.05, 0) is 26.6 Å². The van der Waals surface area contributed by atoms with E-state index in [4.69, 9.17) is 0 Å². The minimum Gasteiger partial charge on any atom is -0.315 e. The molecule has 2 atom stereocenters. The van der Waals surface area contributed by atoms with Crippen molar-refractivity contribution < 1.29 is 0 Å². The van der Waals surface area contributed by atoms with Gasteiger partial charge in [-0.3, -0.25) is 4.99 Å². The van der Waals surface area contributed by atoms with Crippen molar-refractivity contribution in [3.8, 4) is 0 Å². The van der Waals surface area contributed by atoms with Crippen molar-refractivity contribution in [1.82, 2.24) is 5.32 Å². The number of hydrogen-bond donors (Lipinski definition) is 1. The molecular weight excluding hydrogens is 124 g/mol. The third-order valence-electron chi connectivity index (χ3n) is 2.33. The second kappa shape index (κ2) is 3.71. The van der Waals surface area contributed by atoms with E-state index in [1.54, 1.807) is 0 Å². The topological polar surface area (TPSA) is 24.4 Å². The maximum absolute atomic E-state index is 4.09. The second-order valence-electron chi connectivity index (χ2n) is 2.93. The summed E-state index contributed by atoms with van der Waals surface area (Å²) in [5, 5.41) is 3.27. The Bertz CT molecular complexity index is 112. The van der Waals surface area contributed by atoms with Crippen molar-refractivity contribution in [1.29, 1.82) is 0 Å². The molecule has 1 aliphatic carbocycles. The van der Waals surface area contributed by atoms with E-state index in [9.17, 15) is 0 Å². The van der Waals surface area contributed by atoms with Gasteiger partial charge in [0.05, 0.1) is 6.04 Å². The molecule has 1 fully saturated rings. The van der Waals surface area contributed by atoms with Crippen molar-refractivity contribution in [3.05, 3.63) is 0 Å². The van der Waals surface area contributed by atoms with Crippen LogP contribution in [0.2, 0.25) is 0 Å². The van der Waals surface area contributed by atoms with Gasteiger partial charge < -0.3 is 5.32 Å². The molecule has 0 heterocycles. The Kier molecular flexibility index (Phi) is 2.87. The Hall–Kier alpha value is -0.370. The molecule has 1 saturated carbocycles. The summed E-state index contributed by atoms with van der Waals surface area (Å²) in [4.78, 5) is 4.09. The molecule has 0 bridgehead atoms. The molecule has 10 heavy (non-hydrogen) atoms. The molecule has 0 aromatic heterocycles. The molecule has 58 valence electrons. The first-order valence-corrected chi connectivity index (χ1v) is 4.01. The number of likely N-dealkylation sites (N-methyl/N-ethyl adjacent to an activating group) is 1. The minimum atomic E-state index is 0.471. The predicted octanol–water partition coefficient (Wildman–Crippen LogP) is 1.22. The molecule has 0 aliphatic heterocycles. The second-order valence-corrected chi connectivity index (χ2v) is 2.93. The van der Waals surface area contributed by atoms with E-state index in [1.807, 2.05) is 7.05 Å². The van der Waals surface area contributed by atoms with Crippen molar-refractivity contribution in [3.63, 3.8) is 0 Å². The van der Waals surface area contributed by atoms with Crippen LogP contribution in [0.5, 0.6) is 0 Å². The van der Waals surface area contributed by atoms with Gasteiger partial charge in [-0.15, -0.1) is 0 Å². The summed E-state index contributed by atoms with van der Waals surface area (Å²) in [6.07, 6.45) is 5.15. The summed E-state index contributed by atoms with van der Waals surface area (Å²) in [6, 6.07) is 1.06. The van der Waals surface area contributed by atoms with Crippen LogP contribution in [-0.2, 0) is 0 Å². The van der Waals surface area contributed by atoms with Crippen molar-refractivity contribution in [2.75, 3.05) is 7.05 Å². The predicted molar refractivity (Wildman–Crippen MR) is 44.7 cm³/mol. The van der Waals surface area contributed by atoms with Gasteiger partial charge in [0.25, 0.3) is 0 Å². The molecule has 0 amide bonds. The molecular formula is C8H16N2. The van der Waals surface area contributed by atoms with E-state index < -0.39 is 0 Å². The molecule has 1 N–H and O–H groups in total. The smallest absolute Gasteiger partial charge is 0.0645 e. The number of nitrogens with zero attached hydrogens (tertiary/aromatic N) is 1. The summed E-state index contributed by atoms with van der Waals surface area (Å²) in [5.74, 6) is 0. The molecule has 0 aromatic rings. The SMILES string of the molecule is C=NC1CCCCC1NC. The first-order valence-electron chi connectivity index (χ1n) is 4.01. The van der Waals surface area contributed by atoms with Crippen LogP contribution >= 0.6 is 0 Å². The summed E-state index contributed by atoms with van der Waals surface area (Å²) in [5.41, 5.74) is 0. The van der Waals surface area contributed by atoms with E-state index in [0.29, 0.717) is 12.1 Å². The number of nitrogens with one attached hydrogen (secondary N) is 1. The van der Waals surface area contributed by atoms with Crippen LogP contribution in [0.15, 0.2) is 4.99 Å². The van der Waals surface area contributed by atoms with Crippen molar-refractivity contribution in [2.24, 2.45) is 4.99 Å². The largest absolute Gasteiger partial charge is 0.315 e. The van der Waals surface area contributed by atoms with E-state index in [-0.39, 0.29) is 0 Å². The van der Waals surface area contributed by atoms with Gasteiger partial charge in [0.2, 0.25) is 0 Å². The zero-order chi connectivity index (χ0) is 7.40. The van der Waals surface area contributed by atoms with Gasteiger partial charge >= 0.3 is 0 Å². The number of hydrogen-bond acceptors (Lipinski definition) is 2. The highest BCUT2D eigenvalue weighted by atomic mass is 14.9. The minimum absolute atomic E-state index is 0.471. The first kappa shape index (κ1) is 7.73. The summed E-state index contributed by atoms with van der Waals surface area (Å²) >= 11 is 0. The molecule has 2 heteroatoms. The Labute approximate surface area is 62.7 Å². The van der Waals surface area contributed by atoms with Crippen molar-refractivity contribution >= 4 is 6.72 Å². The molecule has 2 unspecified atom stereocenters. The van der Waals surface area contributed by atoms with Gasteiger partial charge in [0, 0.05) is 6.04 Å². The average molecular weight is 140 g/mol. The highest BCUT2D eigenvalue weighted by Gasteiger charge is 2.21. The maximum atomic E-state index is 4.09. The lowest BCUT2D eigenvalue weighted by Crippen LogP contribution is -2.38. The summed E-state index contributed by atoms with van der Waals surface area (Å²) in [7, 11) is 2.01. The van der Waals surface area contributed by atoms with Gasteiger partial charge in [-0.2, -0.15) is 0 Å². The highest BCUT2D eigenvalue weighted by Crippen LogP contribution is 2.20. The summed E-state index contributed by atoms with van der Waals surface area (Å²) < 4.78 is 0. The fraction of sp³-hybridized carbons (Fsp3) is 0.875. The average Bonchev–Trinajstić information content (AvgIpc) is 2.04. The first-order chi connectivity index (χ1) is 4.88. The van der Waals surface area contributed by atoms with Crippen LogP contribution in [0.25, 0.3) is 0 Å². The zero-order valence-corrected chi connectivity index (χ0v) is 6.64. The zero-order valence-electron chi connectivity index (χ0n) is 6.64. The Morgan fingerprint density at radius 1 is 1.40 bits per heavy atom. The van der Waals surface area contributed by atoms with Crippen LogP contribution in [0.4, 0.5) is 0 Å². The van der Waals surface area contributed by atoms with Crippen molar-refractivity contribution in [2.45, 2.75) is 37.8 Å². The standard InChI is InChI=1S/C8H16N2/c1-9-7-5-3-4-6-8(7)10-2/h7-8,10H,1,3-6H2,2H3. The molecule has 0 radical (unpaired) electrons. The fourth-order valence-corrected chi connectivity index (χ4v) is 1.67. The Morgan fingerprint density at radius 3 is 2.60 bits per heavy atom. The Morgan fingerprint density at radius 2 is 2.10 bits per heavy atom. The van der Waals surface area contributed by atoms with E-state index in [2.05, 4.69) is 17.0 Å². The lowest BCUT2D eigenvalue weighted by atomic mass is 9.91. The molecule has 1 rings (SSSR count). The lowest BCUT2D eigenvalue weighted by molar-refractivity contribution is 0.347. The number of rotatable bonds is 2. The van der Waals surface area contributed by atoms with Crippen LogP contribution < -0.4 is 5.32 Å². The Balaban J connectivity index is 2.41. The molecule has 0 aromatic carbocycles. The van der Waals surface area contributed by atoms with Gasteiger partial charge in [0.15, 0.2) is 0 Å². The normalized spacial score (nSPS) is 33.7. The summed E-state index contributed by atoms with van der Waals surface area (Å²) in [6.45, 7) is 3.59. The van der Waals surface area contributed by atoms with Gasteiger partial charge in [0.1, 0.15) is 0 Å². The van der Waals surface area contributed by atoms with Crippen LogP contribution in [0.3, 0.4) is 0 Å². The van der Waals surface area contributed by atoms with E-state index in [0.717, 1.165) is 0 Å². The molecule has 0 saturated heterocycles. The quantitative estimate of drug-likeness (QED) is 0.573.